The van der Waals surface area contributed by atoms with Gasteiger partial charge in [0.25, 0.3) is 0 Å². The molecule has 1 fully saturated rings. The van der Waals surface area contributed by atoms with Gasteiger partial charge < -0.3 is 5.32 Å². The first kappa shape index (κ1) is 13.8. The van der Waals surface area contributed by atoms with Crippen molar-refractivity contribution in [3.8, 4) is 0 Å². The zero-order valence-corrected chi connectivity index (χ0v) is 8.36. The molecule has 1 aliphatic rings. The second-order valence-corrected chi connectivity index (χ2v) is 2.16. The summed E-state index contributed by atoms with van der Waals surface area (Å²) in [6, 6.07) is 0. The molecule has 0 aromatic rings. The van der Waals surface area contributed by atoms with Gasteiger partial charge in [-0.15, -0.1) is 13.2 Å². The molecule has 0 aliphatic carbocycles. The highest BCUT2D eigenvalue weighted by molar-refractivity contribution is 5.75. The second kappa shape index (κ2) is 12.8. The lowest BCUT2D eigenvalue weighted by Crippen LogP contribution is -2.21. The lowest BCUT2D eigenvalue weighted by Gasteiger charge is -1.93. The van der Waals surface area contributed by atoms with Crippen LogP contribution in [0.15, 0.2) is 13.2 Å². The third-order valence-corrected chi connectivity index (χ3v) is 1.40. The molecule has 0 atom stereocenters. The molecule has 1 rings (SSSR count). The lowest BCUT2D eigenvalue weighted by molar-refractivity contribution is -0.120. The van der Waals surface area contributed by atoms with Gasteiger partial charge in [-0.1, -0.05) is 20.3 Å². The Hall–Kier alpha value is -0.790. The molecule has 0 radical (unpaired) electrons. The highest BCUT2D eigenvalue weighted by Crippen LogP contribution is 2.02. The average molecular weight is 171 g/mol. The van der Waals surface area contributed by atoms with E-state index in [9.17, 15) is 4.79 Å². The van der Waals surface area contributed by atoms with Gasteiger partial charge in [-0.25, -0.2) is 0 Å². The fourth-order valence-corrected chi connectivity index (χ4v) is 0.904. The summed E-state index contributed by atoms with van der Waals surface area (Å²) >= 11 is 0. The van der Waals surface area contributed by atoms with Gasteiger partial charge in [-0.2, -0.15) is 0 Å². The Morgan fingerprint density at radius 3 is 2.33 bits per heavy atom. The number of rotatable bonds is 0. The van der Waals surface area contributed by atoms with Gasteiger partial charge in [0.1, 0.15) is 0 Å². The molecule has 1 amide bonds. The third kappa shape index (κ3) is 9.21. The molecule has 1 N–H and O–H groups in total. The van der Waals surface area contributed by atoms with Gasteiger partial charge in [-0.05, 0) is 12.8 Å². The molecule has 2 nitrogen and oxygen atoms in total. The monoisotopic (exact) mass is 171 g/mol. The Balaban J connectivity index is 0. The molecule has 1 saturated heterocycles. The SMILES string of the molecule is C=C.CC.O=C1CCCCCN1. The minimum Gasteiger partial charge on any atom is -0.356 e. The summed E-state index contributed by atoms with van der Waals surface area (Å²) in [6.07, 6.45) is 4.18. The smallest absolute Gasteiger partial charge is 0.219 e. The third-order valence-electron chi connectivity index (χ3n) is 1.40. The van der Waals surface area contributed by atoms with Gasteiger partial charge in [0.15, 0.2) is 0 Å². The van der Waals surface area contributed by atoms with Crippen molar-refractivity contribution in [2.45, 2.75) is 39.5 Å². The minimum atomic E-state index is 0.225. The fourth-order valence-electron chi connectivity index (χ4n) is 0.904. The highest BCUT2D eigenvalue weighted by Gasteiger charge is 2.03. The van der Waals surface area contributed by atoms with Crippen LogP contribution >= 0.6 is 0 Å². The zero-order chi connectivity index (χ0) is 9.82. The van der Waals surface area contributed by atoms with E-state index in [1.54, 1.807) is 0 Å². The van der Waals surface area contributed by atoms with Crippen LogP contribution in [-0.4, -0.2) is 12.5 Å². The molecule has 1 aliphatic heterocycles. The summed E-state index contributed by atoms with van der Waals surface area (Å²) in [7, 11) is 0. The van der Waals surface area contributed by atoms with E-state index < -0.39 is 0 Å². The number of hydrogen-bond donors (Lipinski definition) is 1. The van der Waals surface area contributed by atoms with Crippen LogP contribution in [0.3, 0.4) is 0 Å². The molecule has 0 unspecified atom stereocenters. The molecule has 2 heteroatoms. The first-order valence-electron chi connectivity index (χ1n) is 4.66. The lowest BCUT2D eigenvalue weighted by atomic mass is 10.2. The van der Waals surface area contributed by atoms with E-state index in [0.717, 1.165) is 25.8 Å². The van der Waals surface area contributed by atoms with Crippen LogP contribution in [0.5, 0.6) is 0 Å². The van der Waals surface area contributed by atoms with E-state index in [0.29, 0.717) is 0 Å². The van der Waals surface area contributed by atoms with Gasteiger partial charge in [-0.3, -0.25) is 4.79 Å². The quantitative estimate of drug-likeness (QED) is 0.557. The Kier molecular flexibility index (Phi) is 14.8. The van der Waals surface area contributed by atoms with Crippen molar-refractivity contribution in [3.63, 3.8) is 0 Å². The van der Waals surface area contributed by atoms with Crippen LogP contribution in [0.1, 0.15) is 39.5 Å². The maximum absolute atomic E-state index is 10.6. The van der Waals surface area contributed by atoms with Crippen LogP contribution in [-0.2, 0) is 4.79 Å². The van der Waals surface area contributed by atoms with E-state index in [-0.39, 0.29) is 5.91 Å². The van der Waals surface area contributed by atoms with E-state index in [1.165, 1.54) is 6.42 Å². The van der Waals surface area contributed by atoms with E-state index in [2.05, 4.69) is 18.5 Å². The molecule has 0 bridgehead atoms. The molecule has 0 spiro atoms. The van der Waals surface area contributed by atoms with Crippen molar-refractivity contribution >= 4 is 5.91 Å². The van der Waals surface area contributed by atoms with Crippen molar-refractivity contribution in [3.05, 3.63) is 13.2 Å². The molecular formula is C10H21NO. The number of amides is 1. The van der Waals surface area contributed by atoms with Crippen LogP contribution in [0.2, 0.25) is 0 Å². The highest BCUT2D eigenvalue weighted by atomic mass is 16.1. The van der Waals surface area contributed by atoms with E-state index >= 15 is 0 Å². The standard InChI is InChI=1S/C6H11NO.C2H6.C2H4/c8-6-4-2-1-3-5-7-6;2*1-2/h1-5H2,(H,7,8);1-2H3;1-2H2. The van der Waals surface area contributed by atoms with E-state index in [1.807, 2.05) is 13.8 Å². The predicted octanol–water partition coefficient (Wildman–Crippen LogP) is 2.50. The summed E-state index contributed by atoms with van der Waals surface area (Å²) in [5.74, 6) is 0.225. The van der Waals surface area contributed by atoms with Crippen LogP contribution in [0.25, 0.3) is 0 Å². The predicted molar refractivity (Wildman–Crippen MR) is 54.1 cm³/mol. The van der Waals surface area contributed by atoms with Gasteiger partial charge >= 0.3 is 0 Å². The summed E-state index contributed by atoms with van der Waals surface area (Å²) in [5, 5.41) is 2.81. The minimum absolute atomic E-state index is 0.225. The van der Waals surface area contributed by atoms with Crippen molar-refractivity contribution in [2.24, 2.45) is 0 Å². The molecule has 1 heterocycles. The Morgan fingerprint density at radius 2 is 1.75 bits per heavy atom. The first-order valence-corrected chi connectivity index (χ1v) is 4.66. The topological polar surface area (TPSA) is 29.1 Å². The van der Waals surface area contributed by atoms with Gasteiger partial charge in [0, 0.05) is 13.0 Å². The Labute approximate surface area is 76.1 Å². The summed E-state index contributed by atoms with van der Waals surface area (Å²) in [4.78, 5) is 10.6. The largest absolute Gasteiger partial charge is 0.356 e. The molecule has 0 saturated carbocycles. The number of nitrogens with one attached hydrogen (secondary N) is 1. The normalized spacial score (nSPS) is 15.3. The molecular weight excluding hydrogens is 150 g/mol. The van der Waals surface area contributed by atoms with Crippen molar-refractivity contribution < 1.29 is 4.79 Å². The van der Waals surface area contributed by atoms with Crippen LogP contribution < -0.4 is 5.32 Å². The van der Waals surface area contributed by atoms with Gasteiger partial charge in [0.2, 0.25) is 5.91 Å². The Bertz CT molecular complexity index is 92.0. The molecule has 0 aromatic carbocycles. The molecule has 0 aromatic heterocycles. The number of hydrogen-bond acceptors (Lipinski definition) is 1. The number of carbonyl (C=O) groups is 1. The van der Waals surface area contributed by atoms with Crippen LogP contribution in [0.4, 0.5) is 0 Å². The van der Waals surface area contributed by atoms with Crippen LogP contribution in [0, 0.1) is 0 Å². The van der Waals surface area contributed by atoms with E-state index in [4.69, 9.17) is 0 Å². The Morgan fingerprint density at radius 1 is 1.17 bits per heavy atom. The number of carbonyl (C=O) groups excluding carboxylic acids is 1. The average Bonchev–Trinajstić information content (AvgIpc) is 2.40. The zero-order valence-electron chi connectivity index (χ0n) is 8.36. The van der Waals surface area contributed by atoms with Crippen molar-refractivity contribution in [1.29, 1.82) is 0 Å². The second-order valence-electron chi connectivity index (χ2n) is 2.16. The summed E-state index contributed by atoms with van der Waals surface area (Å²) in [6.45, 7) is 10.9. The molecule has 12 heavy (non-hydrogen) atoms. The first-order chi connectivity index (χ1) is 5.89. The maximum atomic E-state index is 10.6. The molecule has 72 valence electrons. The fraction of sp³-hybridized carbons (Fsp3) is 0.700. The summed E-state index contributed by atoms with van der Waals surface area (Å²) in [5.41, 5.74) is 0. The summed E-state index contributed by atoms with van der Waals surface area (Å²) < 4.78 is 0. The maximum Gasteiger partial charge on any atom is 0.219 e. The van der Waals surface area contributed by atoms with Crippen molar-refractivity contribution in [2.75, 3.05) is 6.54 Å². The van der Waals surface area contributed by atoms with Gasteiger partial charge in [0.05, 0.1) is 0 Å². The van der Waals surface area contributed by atoms with Crippen molar-refractivity contribution in [1.82, 2.24) is 5.32 Å².